The van der Waals surface area contributed by atoms with Crippen molar-refractivity contribution in [3.63, 3.8) is 0 Å². The summed E-state index contributed by atoms with van der Waals surface area (Å²) in [6.07, 6.45) is 6.01. The molecule has 8 heteroatoms. The Morgan fingerprint density at radius 2 is 2.00 bits per heavy atom. The number of benzene rings is 1. The molecule has 8 nitrogen and oxygen atoms in total. The lowest BCUT2D eigenvalue weighted by Gasteiger charge is -2.32. The fourth-order valence-electron chi connectivity index (χ4n) is 3.18. The molecule has 0 atom stereocenters. The number of rotatable bonds is 6. The van der Waals surface area contributed by atoms with Crippen molar-refractivity contribution in [1.29, 1.82) is 0 Å². The molecule has 1 aromatic heterocycles. The lowest BCUT2D eigenvalue weighted by molar-refractivity contribution is -0.384. The molecule has 2 heterocycles. The number of amides is 1. The summed E-state index contributed by atoms with van der Waals surface area (Å²) in [5.41, 5.74) is 1.81. The number of aryl methyl sites for hydroxylation is 1. The summed E-state index contributed by atoms with van der Waals surface area (Å²) in [5, 5.41) is 17.8. The van der Waals surface area contributed by atoms with Gasteiger partial charge in [0.25, 0.3) is 11.6 Å². The minimum Gasteiger partial charge on any atom is -0.349 e. The molecule has 0 spiro atoms. The van der Waals surface area contributed by atoms with Crippen molar-refractivity contribution in [3.8, 4) is 0 Å². The Morgan fingerprint density at radius 3 is 2.58 bits per heavy atom. The van der Waals surface area contributed by atoms with E-state index in [0.29, 0.717) is 5.56 Å². The van der Waals surface area contributed by atoms with E-state index in [9.17, 15) is 14.9 Å². The summed E-state index contributed by atoms with van der Waals surface area (Å²) < 4.78 is 1.62. The van der Waals surface area contributed by atoms with E-state index >= 15 is 0 Å². The molecule has 0 radical (unpaired) electrons. The molecule has 26 heavy (non-hydrogen) atoms. The van der Waals surface area contributed by atoms with E-state index in [-0.39, 0.29) is 22.6 Å². The molecule has 0 aliphatic carbocycles. The Morgan fingerprint density at radius 1 is 1.31 bits per heavy atom. The first-order chi connectivity index (χ1) is 12.5. The van der Waals surface area contributed by atoms with Gasteiger partial charge in [-0.1, -0.05) is 12.1 Å². The van der Waals surface area contributed by atoms with E-state index in [1.165, 1.54) is 0 Å². The van der Waals surface area contributed by atoms with Gasteiger partial charge >= 0.3 is 0 Å². The molecule has 2 aromatic rings. The molecule has 3 rings (SSSR count). The highest BCUT2D eigenvalue weighted by atomic mass is 16.6. The van der Waals surface area contributed by atoms with Crippen molar-refractivity contribution in [2.45, 2.75) is 25.3 Å². The van der Waals surface area contributed by atoms with Gasteiger partial charge in [0, 0.05) is 51.1 Å². The third kappa shape index (κ3) is 4.66. The zero-order chi connectivity index (χ0) is 18.5. The summed E-state index contributed by atoms with van der Waals surface area (Å²) in [7, 11) is 1.79. The summed E-state index contributed by atoms with van der Waals surface area (Å²) in [5.74, 6) is -0.0672. The first-order valence-electron chi connectivity index (χ1n) is 8.76. The maximum atomic E-state index is 12.2. The molecule has 1 N–H and O–H groups in total. The van der Waals surface area contributed by atoms with Crippen molar-refractivity contribution in [1.82, 2.24) is 20.0 Å². The Labute approximate surface area is 151 Å². The molecule has 1 aliphatic heterocycles. The maximum Gasteiger partial charge on any atom is 0.269 e. The number of carbonyl (C=O) groups excluding carboxylic acids is 1. The zero-order valence-electron chi connectivity index (χ0n) is 14.8. The topological polar surface area (TPSA) is 93.3 Å². The number of nitro groups is 1. The Hall–Kier alpha value is -2.74. The monoisotopic (exact) mass is 357 g/mol. The third-order valence-electron chi connectivity index (χ3n) is 4.75. The number of hydrogen-bond acceptors (Lipinski definition) is 5. The van der Waals surface area contributed by atoms with Gasteiger partial charge in [0.2, 0.25) is 0 Å². The number of non-ortho nitro benzene ring substituents is 1. The minimum atomic E-state index is -0.381. The maximum absolute atomic E-state index is 12.2. The molecule has 0 unspecified atom stereocenters. The van der Waals surface area contributed by atoms with Gasteiger partial charge in [-0.2, -0.15) is 5.10 Å². The smallest absolute Gasteiger partial charge is 0.269 e. The predicted octanol–water partition coefficient (Wildman–Crippen LogP) is 1.77. The molecule has 1 fully saturated rings. The predicted molar refractivity (Wildman–Crippen MR) is 96.9 cm³/mol. The largest absolute Gasteiger partial charge is 0.349 e. The van der Waals surface area contributed by atoms with Gasteiger partial charge in [-0.15, -0.1) is 0 Å². The highest BCUT2D eigenvalue weighted by Gasteiger charge is 2.21. The fourth-order valence-corrected chi connectivity index (χ4v) is 3.18. The van der Waals surface area contributed by atoms with Crippen molar-refractivity contribution in [2.75, 3.05) is 19.6 Å². The van der Waals surface area contributed by atoms with Crippen molar-refractivity contribution in [3.05, 3.63) is 57.9 Å². The lowest BCUT2D eigenvalue weighted by Crippen LogP contribution is -2.45. The zero-order valence-corrected chi connectivity index (χ0v) is 14.8. The van der Waals surface area contributed by atoms with Crippen LogP contribution in [0.4, 0.5) is 5.69 Å². The number of aromatic nitrogens is 2. The molecular formula is C18H23N5O3. The van der Waals surface area contributed by atoms with Crippen LogP contribution in [0, 0.1) is 10.1 Å². The number of nitrogens with zero attached hydrogens (tertiary/aromatic N) is 4. The molecule has 1 aliphatic rings. The van der Waals surface area contributed by atoms with Crippen LogP contribution >= 0.6 is 0 Å². The Kier molecular flexibility index (Phi) is 5.62. The molecular weight excluding hydrogens is 334 g/mol. The first kappa shape index (κ1) is 18.1. The van der Waals surface area contributed by atoms with E-state index in [1.807, 2.05) is 12.1 Å². The van der Waals surface area contributed by atoms with E-state index in [1.54, 1.807) is 36.3 Å². The van der Waals surface area contributed by atoms with Crippen LogP contribution in [0.5, 0.6) is 0 Å². The number of likely N-dealkylation sites (tertiary alicyclic amines) is 1. The van der Waals surface area contributed by atoms with E-state index < -0.39 is 0 Å². The molecule has 0 saturated carbocycles. The second kappa shape index (κ2) is 8.09. The fraction of sp³-hybridized carbons (Fsp3) is 0.444. The van der Waals surface area contributed by atoms with Crippen LogP contribution < -0.4 is 5.32 Å². The van der Waals surface area contributed by atoms with E-state index in [0.717, 1.165) is 44.5 Å². The number of carbonyl (C=O) groups is 1. The van der Waals surface area contributed by atoms with Crippen molar-refractivity contribution in [2.24, 2.45) is 7.05 Å². The summed E-state index contributed by atoms with van der Waals surface area (Å²) in [4.78, 5) is 24.8. The number of nitrogens with one attached hydrogen (secondary N) is 1. The molecule has 0 bridgehead atoms. The summed E-state index contributed by atoms with van der Waals surface area (Å²) in [6.45, 7) is 2.79. The average molecular weight is 357 g/mol. The van der Waals surface area contributed by atoms with Gasteiger partial charge in [-0.3, -0.25) is 19.6 Å². The van der Waals surface area contributed by atoms with E-state index in [2.05, 4.69) is 15.3 Å². The highest BCUT2D eigenvalue weighted by molar-refractivity contribution is 5.93. The molecule has 1 saturated heterocycles. The van der Waals surface area contributed by atoms with Gasteiger partial charge in [0.05, 0.1) is 16.7 Å². The van der Waals surface area contributed by atoms with Crippen LogP contribution in [0.1, 0.15) is 28.8 Å². The van der Waals surface area contributed by atoms with E-state index in [4.69, 9.17) is 0 Å². The molecule has 138 valence electrons. The normalized spacial score (nSPS) is 15.7. The van der Waals surface area contributed by atoms with Crippen molar-refractivity contribution >= 4 is 11.6 Å². The summed E-state index contributed by atoms with van der Waals surface area (Å²) >= 11 is 0. The van der Waals surface area contributed by atoms with Gasteiger partial charge in [0.1, 0.15) is 0 Å². The SMILES string of the molecule is Cn1cc(C(=O)NC2CCN(CCc3ccc([N+](=O)[O-])cc3)CC2)cn1. The standard InChI is InChI=1S/C18H23N5O3/c1-21-13-15(12-19-21)18(24)20-16-7-10-22(11-8-16)9-6-14-2-4-17(5-3-14)23(25)26/h2-5,12-13,16H,6-11H2,1H3,(H,20,24). The van der Waals surface area contributed by atoms with Crippen LogP contribution in [0.15, 0.2) is 36.7 Å². The highest BCUT2D eigenvalue weighted by Crippen LogP contribution is 2.15. The Bertz CT molecular complexity index is 763. The molecule has 1 aromatic carbocycles. The lowest BCUT2D eigenvalue weighted by atomic mass is 10.0. The van der Waals surface area contributed by atoms with Crippen LogP contribution in [0.3, 0.4) is 0 Å². The second-order valence-corrected chi connectivity index (χ2v) is 6.67. The van der Waals surface area contributed by atoms with Crippen molar-refractivity contribution < 1.29 is 9.72 Å². The molecule has 1 amide bonds. The van der Waals surface area contributed by atoms with Crippen LogP contribution in [0.25, 0.3) is 0 Å². The second-order valence-electron chi connectivity index (χ2n) is 6.67. The summed E-state index contributed by atoms with van der Waals surface area (Å²) in [6, 6.07) is 6.93. The van der Waals surface area contributed by atoms with Gasteiger partial charge in [-0.25, -0.2) is 0 Å². The third-order valence-corrected chi connectivity index (χ3v) is 4.75. The average Bonchev–Trinajstić information content (AvgIpc) is 3.08. The number of piperidine rings is 1. The van der Waals surface area contributed by atoms with Crippen LogP contribution in [-0.4, -0.2) is 51.2 Å². The quantitative estimate of drug-likeness (QED) is 0.628. The number of hydrogen-bond donors (Lipinski definition) is 1. The first-order valence-corrected chi connectivity index (χ1v) is 8.76. The van der Waals surface area contributed by atoms with Gasteiger partial charge in [0.15, 0.2) is 0 Å². The van der Waals surface area contributed by atoms with Crippen LogP contribution in [0.2, 0.25) is 0 Å². The number of nitro benzene ring substituents is 1. The van der Waals surface area contributed by atoms with Gasteiger partial charge < -0.3 is 10.2 Å². The Balaban J connectivity index is 1.41. The van der Waals surface area contributed by atoms with Crippen LogP contribution in [-0.2, 0) is 13.5 Å². The minimum absolute atomic E-state index is 0.0672. The van der Waals surface area contributed by atoms with Gasteiger partial charge in [-0.05, 0) is 24.8 Å².